The molecule has 1 aliphatic rings. The second-order valence-corrected chi connectivity index (χ2v) is 22.0. The molecule has 0 saturated carbocycles. The molecule has 10 rings (SSSR count). The summed E-state index contributed by atoms with van der Waals surface area (Å²) in [5.41, 5.74) is 14.2. The van der Waals surface area contributed by atoms with Crippen LogP contribution in [0.25, 0.3) is 38.8 Å². The van der Waals surface area contributed by atoms with Crippen molar-refractivity contribution in [3.05, 3.63) is 211 Å². The van der Waals surface area contributed by atoms with E-state index in [0.717, 1.165) is 55.9 Å². The van der Waals surface area contributed by atoms with E-state index >= 15 is 0 Å². The number of hydrogen-bond acceptors (Lipinski definition) is 4. The summed E-state index contributed by atoms with van der Waals surface area (Å²) >= 11 is 0. The number of anilines is 4. The summed E-state index contributed by atoms with van der Waals surface area (Å²) in [5, 5.41) is 2.23. The summed E-state index contributed by atoms with van der Waals surface area (Å²) < 4.78 is 9.19. The zero-order valence-corrected chi connectivity index (χ0v) is 44.0. The maximum Gasteiger partial charge on any atom is 0.135 e. The molecule has 0 amide bonds. The first-order valence-corrected chi connectivity index (χ1v) is 23.9. The summed E-state index contributed by atoms with van der Waals surface area (Å²) in [6.07, 6.45) is 1.92. The van der Waals surface area contributed by atoms with Crippen molar-refractivity contribution in [2.75, 3.05) is 9.80 Å². The van der Waals surface area contributed by atoms with Crippen molar-refractivity contribution in [3.8, 4) is 28.4 Å². The van der Waals surface area contributed by atoms with Gasteiger partial charge in [0.2, 0.25) is 0 Å². The number of ether oxygens (including phenoxy) is 1. The van der Waals surface area contributed by atoms with Gasteiger partial charge in [0.25, 0.3) is 0 Å². The zero-order chi connectivity index (χ0) is 47.8. The van der Waals surface area contributed by atoms with Gasteiger partial charge in [-0.1, -0.05) is 173 Å². The number of benzene rings is 7. The van der Waals surface area contributed by atoms with Gasteiger partial charge in [-0.05, 0) is 97.5 Å². The third-order valence-corrected chi connectivity index (χ3v) is 13.7. The predicted octanol–water partition coefficient (Wildman–Crippen LogP) is 16.9. The monoisotopic (exact) mass is 1080 g/mol. The van der Waals surface area contributed by atoms with E-state index in [9.17, 15) is 0 Å². The minimum absolute atomic E-state index is 0. The van der Waals surface area contributed by atoms with Gasteiger partial charge in [-0.25, -0.2) is 4.98 Å². The molecule has 6 heteroatoms. The van der Waals surface area contributed by atoms with Crippen molar-refractivity contribution >= 4 is 44.6 Å². The Kier molecular flexibility index (Phi) is 12.3. The number of para-hydroxylation sites is 2. The van der Waals surface area contributed by atoms with Crippen molar-refractivity contribution in [1.29, 1.82) is 0 Å². The summed E-state index contributed by atoms with van der Waals surface area (Å²) in [6, 6.07) is 64.3. The van der Waals surface area contributed by atoms with Gasteiger partial charge in [-0.3, -0.25) is 0 Å². The topological polar surface area (TPSA) is 33.5 Å². The van der Waals surface area contributed by atoms with E-state index in [0.29, 0.717) is 11.5 Å². The Morgan fingerprint density at radius 3 is 1.80 bits per heavy atom. The number of rotatable bonds is 8. The number of pyridine rings is 1. The van der Waals surface area contributed by atoms with Gasteiger partial charge in [-0.2, -0.15) is 6.07 Å². The van der Waals surface area contributed by atoms with E-state index in [1.165, 1.54) is 33.4 Å². The normalized spacial score (nSPS) is 13.2. The second-order valence-electron chi connectivity index (χ2n) is 22.0. The van der Waals surface area contributed by atoms with E-state index in [-0.39, 0.29) is 42.7 Å². The van der Waals surface area contributed by atoms with E-state index in [1.54, 1.807) is 0 Å². The SMILES string of the molecule is CC(C)(C)c1cc(Oc2[c-]c3c(cc2)c2cc(C(C)(C)c4ccccc4)ccc2n3-c2cc(C(C)(C)C)ccn2)[c-]c(N2[CH-]N(c3cc(-c4ccccc4)cc(C(C)(C)C)c3)c3ccccc32)c1.[Pt]. The van der Waals surface area contributed by atoms with Gasteiger partial charge in [0, 0.05) is 66.8 Å². The van der Waals surface area contributed by atoms with Crippen molar-refractivity contribution in [1.82, 2.24) is 9.55 Å². The first-order chi connectivity index (χ1) is 32.3. The second kappa shape index (κ2) is 17.8. The molecule has 0 aliphatic carbocycles. The molecule has 0 unspecified atom stereocenters. The first kappa shape index (κ1) is 47.6. The quantitative estimate of drug-likeness (QED) is 0.142. The average Bonchev–Trinajstić information content (AvgIpc) is 3.87. The van der Waals surface area contributed by atoms with Crippen molar-refractivity contribution < 1.29 is 25.8 Å². The van der Waals surface area contributed by atoms with E-state index in [1.807, 2.05) is 12.3 Å². The molecular weight excluding hydrogens is 1020 g/mol. The Labute approximate surface area is 424 Å². The molecule has 3 heterocycles. The van der Waals surface area contributed by atoms with Crippen LogP contribution >= 0.6 is 0 Å². The van der Waals surface area contributed by atoms with Crippen LogP contribution in [-0.2, 0) is 42.7 Å². The van der Waals surface area contributed by atoms with E-state index in [4.69, 9.17) is 9.72 Å². The molecule has 0 spiro atoms. The van der Waals surface area contributed by atoms with Gasteiger partial charge in [0.05, 0.1) is 0 Å². The van der Waals surface area contributed by atoms with Gasteiger partial charge >= 0.3 is 0 Å². The molecule has 0 N–H and O–H groups in total. The van der Waals surface area contributed by atoms with Crippen LogP contribution in [0.15, 0.2) is 164 Å². The fourth-order valence-electron chi connectivity index (χ4n) is 9.39. The Bertz CT molecular complexity index is 3330. The Hall–Kier alpha value is -6.42. The Morgan fingerprint density at radius 2 is 1.12 bits per heavy atom. The molecule has 7 aromatic carbocycles. The van der Waals surface area contributed by atoms with Crippen molar-refractivity contribution in [2.24, 2.45) is 0 Å². The van der Waals surface area contributed by atoms with Gasteiger partial charge < -0.3 is 19.1 Å². The van der Waals surface area contributed by atoms with Crippen LogP contribution < -0.4 is 14.5 Å². The number of hydrogen-bond donors (Lipinski definition) is 0. The minimum Gasteiger partial charge on any atom is -0.509 e. The van der Waals surface area contributed by atoms with E-state index < -0.39 is 0 Å². The van der Waals surface area contributed by atoms with E-state index in [2.05, 4.69) is 261 Å². The molecule has 69 heavy (non-hydrogen) atoms. The zero-order valence-electron chi connectivity index (χ0n) is 41.7. The molecular formula is C63H61N4OPt-3. The molecule has 1 aliphatic heterocycles. The average molecular weight is 1090 g/mol. The molecule has 0 bridgehead atoms. The predicted molar refractivity (Wildman–Crippen MR) is 284 cm³/mol. The molecule has 0 saturated heterocycles. The number of nitrogens with zero attached hydrogens (tertiary/aromatic N) is 4. The molecule has 5 nitrogen and oxygen atoms in total. The molecule has 0 radical (unpaired) electrons. The maximum atomic E-state index is 6.94. The number of aromatic nitrogens is 2. The molecule has 0 atom stereocenters. The van der Waals surface area contributed by atoms with Gasteiger partial charge in [0.15, 0.2) is 0 Å². The van der Waals surface area contributed by atoms with Crippen LogP contribution in [0.1, 0.15) is 104 Å². The first-order valence-electron chi connectivity index (χ1n) is 23.9. The Balaban J connectivity index is 0.00000593. The minimum atomic E-state index is -0.210. The number of fused-ring (bicyclic) bond motifs is 4. The van der Waals surface area contributed by atoms with Crippen LogP contribution in [0.3, 0.4) is 0 Å². The largest absolute Gasteiger partial charge is 0.509 e. The summed E-state index contributed by atoms with van der Waals surface area (Å²) in [6.45, 7) is 27.1. The summed E-state index contributed by atoms with van der Waals surface area (Å²) in [5.74, 6) is 2.07. The molecule has 2 aromatic heterocycles. The molecule has 9 aromatic rings. The Morgan fingerprint density at radius 1 is 0.478 bits per heavy atom. The standard InChI is InChI=1S/C63H61N4O.Pt/c1-60(2,3)45-30-31-64-59(38-45)67-55-29-26-46(63(10,11)44-22-16-13-17-23-44)37-54(55)53-28-27-51(40-58(53)67)68-52-36-48(62(7,8)9)35-50(39-52)66-41-65(56-24-18-19-25-57(56)66)49-33-43(42-20-14-12-15-21-42)32-47(34-49)61(4,5)6;/h12-38,41H,1-11H3;/q-3;. The van der Waals surface area contributed by atoms with Crippen molar-refractivity contribution in [3.63, 3.8) is 0 Å². The van der Waals surface area contributed by atoms with Crippen LogP contribution in [0.5, 0.6) is 11.5 Å². The third-order valence-electron chi connectivity index (χ3n) is 13.7. The fraction of sp³-hybridized carbons (Fsp3) is 0.238. The van der Waals surface area contributed by atoms with Gasteiger partial charge in [0.1, 0.15) is 5.82 Å². The molecule has 0 fully saturated rings. The van der Waals surface area contributed by atoms with Gasteiger partial charge in [-0.15, -0.1) is 53.6 Å². The van der Waals surface area contributed by atoms with Crippen LogP contribution in [0.2, 0.25) is 0 Å². The summed E-state index contributed by atoms with van der Waals surface area (Å²) in [7, 11) is 0. The molecule has 352 valence electrons. The summed E-state index contributed by atoms with van der Waals surface area (Å²) in [4.78, 5) is 9.55. The van der Waals surface area contributed by atoms with Crippen LogP contribution in [0, 0.1) is 18.8 Å². The smallest absolute Gasteiger partial charge is 0.135 e. The maximum absolute atomic E-state index is 6.94. The van der Waals surface area contributed by atoms with Crippen LogP contribution in [0.4, 0.5) is 22.7 Å². The third kappa shape index (κ3) is 9.15. The van der Waals surface area contributed by atoms with Crippen LogP contribution in [-0.4, -0.2) is 9.55 Å². The fourth-order valence-corrected chi connectivity index (χ4v) is 9.39. The van der Waals surface area contributed by atoms with Crippen molar-refractivity contribution in [2.45, 2.75) is 97.8 Å².